The fraction of sp³-hybridized carbons (Fsp3) is 0.857. The van der Waals surface area contributed by atoms with Crippen LogP contribution in [0.3, 0.4) is 0 Å². The Bertz CT molecular complexity index is 474. The maximum atomic E-state index is 12.6. The second-order valence-electron chi connectivity index (χ2n) is 8.30. The lowest BCUT2D eigenvalue weighted by Gasteiger charge is -2.25. The molecule has 0 aromatic carbocycles. The molecular formula is C21H36O6. The molecule has 6 nitrogen and oxygen atoms in total. The highest BCUT2D eigenvalue weighted by atomic mass is 16.6. The summed E-state index contributed by atoms with van der Waals surface area (Å²) in [4.78, 5) is 36.6. The summed E-state index contributed by atoms with van der Waals surface area (Å²) in [5.41, 5.74) is -0.617. The van der Waals surface area contributed by atoms with Crippen LogP contribution in [0.15, 0.2) is 0 Å². The van der Waals surface area contributed by atoms with Crippen molar-refractivity contribution in [3.05, 3.63) is 0 Å². The molecule has 1 atom stereocenters. The minimum absolute atomic E-state index is 0.0783. The molecule has 0 heterocycles. The summed E-state index contributed by atoms with van der Waals surface area (Å²) in [6.45, 7) is 7.76. The van der Waals surface area contributed by atoms with Gasteiger partial charge >= 0.3 is 17.9 Å². The maximum Gasteiger partial charge on any atom is 0.309 e. The van der Waals surface area contributed by atoms with Crippen LogP contribution in [0.5, 0.6) is 0 Å². The quantitative estimate of drug-likeness (QED) is 0.317. The van der Waals surface area contributed by atoms with Gasteiger partial charge in [0.1, 0.15) is 11.7 Å². The highest BCUT2D eigenvalue weighted by Crippen LogP contribution is 2.24. The van der Waals surface area contributed by atoms with E-state index in [0.717, 1.165) is 38.5 Å². The summed E-state index contributed by atoms with van der Waals surface area (Å²) >= 11 is 0. The molecule has 156 valence electrons. The van der Waals surface area contributed by atoms with Gasteiger partial charge in [-0.25, -0.2) is 0 Å². The van der Waals surface area contributed by atoms with Crippen molar-refractivity contribution in [2.45, 2.75) is 104 Å². The number of rotatable bonds is 10. The predicted molar refractivity (Wildman–Crippen MR) is 102 cm³/mol. The number of hydrogen-bond donors (Lipinski definition) is 0. The lowest BCUT2D eigenvalue weighted by atomic mass is 9.96. The molecule has 1 aliphatic carbocycles. The molecule has 1 fully saturated rings. The third-order valence-electron chi connectivity index (χ3n) is 4.46. The van der Waals surface area contributed by atoms with Crippen molar-refractivity contribution in [1.29, 1.82) is 0 Å². The van der Waals surface area contributed by atoms with Gasteiger partial charge in [0.25, 0.3) is 0 Å². The Morgan fingerprint density at radius 2 is 1.70 bits per heavy atom. The number of carbonyl (C=O) groups excluding carboxylic acids is 3. The van der Waals surface area contributed by atoms with Crippen LogP contribution >= 0.6 is 0 Å². The standard InChI is InChI=1S/C21H36O6/c1-5-6-14-25-18(22)13-12-16(15-19(23)27-21(2,3)4)20(24)26-17-10-8-7-9-11-17/h16-17H,5-15H2,1-4H3/t16-/m1/s1. The largest absolute Gasteiger partial charge is 0.466 e. The minimum Gasteiger partial charge on any atom is -0.466 e. The zero-order valence-corrected chi connectivity index (χ0v) is 17.4. The van der Waals surface area contributed by atoms with Gasteiger partial charge in [0.05, 0.1) is 18.9 Å². The fourth-order valence-electron chi connectivity index (χ4n) is 3.03. The molecule has 0 saturated heterocycles. The van der Waals surface area contributed by atoms with Crippen molar-refractivity contribution in [3.63, 3.8) is 0 Å². The van der Waals surface area contributed by atoms with E-state index in [4.69, 9.17) is 14.2 Å². The molecule has 27 heavy (non-hydrogen) atoms. The van der Waals surface area contributed by atoms with Crippen LogP contribution < -0.4 is 0 Å². The molecule has 1 saturated carbocycles. The maximum absolute atomic E-state index is 12.6. The normalized spacial score (nSPS) is 16.4. The Morgan fingerprint density at radius 1 is 1.04 bits per heavy atom. The van der Waals surface area contributed by atoms with Gasteiger partial charge in [-0.1, -0.05) is 19.8 Å². The van der Waals surface area contributed by atoms with Crippen LogP contribution in [0.25, 0.3) is 0 Å². The van der Waals surface area contributed by atoms with Crippen molar-refractivity contribution in [2.75, 3.05) is 6.61 Å². The van der Waals surface area contributed by atoms with Crippen molar-refractivity contribution in [3.8, 4) is 0 Å². The van der Waals surface area contributed by atoms with Crippen LogP contribution in [-0.4, -0.2) is 36.2 Å². The van der Waals surface area contributed by atoms with Crippen LogP contribution in [-0.2, 0) is 28.6 Å². The topological polar surface area (TPSA) is 78.9 Å². The first-order valence-electron chi connectivity index (χ1n) is 10.3. The number of esters is 3. The zero-order chi connectivity index (χ0) is 20.3. The van der Waals surface area contributed by atoms with E-state index in [9.17, 15) is 14.4 Å². The summed E-state index contributed by atoms with van der Waals surface area (Å²) < 4.78 is 16.1. The molecule has 0 aromatic heterocycles. The van der Waals surface area contributed by atoms with Crippen molar-refractivity contribution in [1.82, 2.24) is 0 Å². The van der Waals surface area contributed by atoms with Crippen LogP contribution in [0, 0.1) is 5.92 Å². The van der Waals surface area contributed by atoms with E-state index in [-0.39, 0.29) is 31.3 Å². The number of unbranched alkanes of at least 4 members (excludes halogenated alkanes) is 1. The van der Waals surface area contributed by atoms with Gasteiger partial charge in [-0.15, -0.1) is 0 Å². The second-order valence-corrected chi connectivity index (χ2v) is 8.30. The molecule has 1 aliphatic rings. The van der Waals surface area contributed by atoms with E-state index in [0.29, 0.717) is 6.61 Å². The summed E-state index contributed by atoms with van der Waals surface area (Å²) in [5, 5.41) is 0. The Morgan fingerprint density at radius 3 is 2.30 bits per heavy atom. The Balaban J connectivity index is 2.59. The molecule has 0 radical (unpaired) electrons. The summed E-state index contributed by atoms with van der Waals surface area (Å²) in [7, 11) is 0. The molecule has 0 N–H and O–H groups in total. The average Bonchev–Trinajstić information content (AvgIpc) is 2.58. The van der Waals surface area contributed by atoms with Gasteiger partial charge in [-0.05, 0) is 59.3 Å². The third-order valence-corrected chi connectivity index (χ3v) is 4.46. The lowest BCUT2D eigenvalue weighted by Crippen LogP contribution is -2.31. The first kappa shape index (κ1) is 23.4. The second kappa shape index (κ2) is 12.0. The number of carbonyl (C=O) groups is 3. The molecule has 0 bridgehead atoms. The van der Waals surface area contributed by atoms with E-state index >= 15 is 0 Å². The van der Waals surface area contributed by atoms with Gasteiger partial charge in [0.15, 0.2) is 0 Å². The van der Waals surface area contributed by atoms with Crippen molar-refractivity contribution in [2.24, 2.45) is 5.92 Å². The van der Waals surface area contributed by atoms with Crippen LogP contribution in [0.4, 0.5) is 0 Å². The van der Waals surface area contributed by atoms with Crippen LogP contribution in [0.2, 0.25) is 0 Å². The summed E-state index contributed by atoms with van der Waals surface area (Å²) in [6, 6.07) is 0. The summed E-state index contributed by atoms with van der Waals surface area (Å²) in [6.07, 6.45) is 6.93. The predicted octanol–water partition coefficient (Wildman–Crippen LogP) is 4.33. The Kier molecular flexibility index (Phi) is 10.4. The van der Waals surface area contributed by atoms with Gasteiger partial charge < -0.3 is 14.2 Å². The van der Waals surface area contributed by atoms with E-state index in [1.54, 1.807) is 20.8 Å². The molecule has 0 aromatic rings. The monoisotopic (exact) mass is 384 g/mol. The van der Waals surface area contributed by atoms with Gasteiger partial charge in [-0.3, -0.25) is 14.4 Å². The first-order chi connectivity index (χ1) is 12.7. The molecule has 0 amide bonds. The van der Waals surface area contributed by atoms with Gasteiger partial charge in [0.2, 0.25) is 0 Å². The van der Waals surface area contributed by atoms with E-state index in [1.165, 1.54) is 6.42 Å². The molecule has 0 unspecified atom stereocenters. The van der Waals surface area contributed by atoms with Crippen LogP contribution in [0.1, 0.15) is 91.9 Å². The van der Waals surface area contributed by atoms with E-state index in [2.05, 4.69) is 0 Å². The molecule has 0 aliphatic heterocycles. The van der Waals surface area contributed by atoms with Crippen molar-refractivity contribution >= 4 is 17.9 Å². The Labute approximate surface area is 163 Å². The van der Waals surface area contributed by atoms with E-state index < -0.39 is 23.5 Å². The number of ether oxygens (including phenoxy) is 3. The lowest BCUT2D eigenvalue weighted by molar-refractivity contribution is -0.165. The smallest absolute Gasteiger partial charge is 0.309 e. The van der Waals surface area contributed by atoms with Crippen molar-refractivity contribution < 1.29 is 28.6 Å². The summed E-state index contributed by atoms with van der Waals surface area (Å²) in [5.74, 6) is -1.88. The van der Waals surface area contributed by atoms with E-state index in [1.807, 2.05) is 6.92 Å². The van der Waals surface area contributed by atoms with Gasteiger partial charge in [0, 0.05) is 6.42 Å². The highest BCUT2D eigenvalue weighted by molar-refractivity contribution is 5.81. The fourth-order valence-corrected chi connectivity index (χ4v) is 3.03. The molecule has 1 rings (SSSR count). The number of hydrogen-bond acceptors (Lipinski definition) is 6. The molecular weight excluding hydrogens is 348 g/mol. The minimum atomic E-state index is -0.680. The Hall–Kier alpha value is -1.59. The van der Waals surface area contributed by atoms with Gasteiger partial charge in [-0.2, -0.15) is 0 Å². The zero-order valence-electron chi connectivity index (χ0n) is 17.4. The highest BCUT2D eigenvalue weighted by Gasteiger charge is 2.29. The average molecular weight is 385 g/mol. The molecule has 0 spiro atoms. The molecule has 6 heteroatoms. The first-order valence-corrected chi connectivity index (χ1v) is 10.3. The SMILES string of the molecule is CCCCOC(=O)CC[C@H](CC(=O)OC(C)(C)C)C(=O)OC1CCCCC1. The third kappa shape index (κ3) is 11.0.